The molecule has 1 N–H and O–H groups in total. The van der Waals surface area contributed by atoms with Gasteiger partial charge < -0.3 is 5.43 Å². The third-order valence-corrected chi connectivity index (χ3v) is 3.31. The van der Waals surface area contributed by atoms with Crippen molar-refractivity contribution in [2.24, 2.45) is 5.10 Å². The SMILES string of the molecule is CC1=CC(c2ccccc2C=NNC(C)(C)C)C(C)=C1. The van der Waals surface area contributed by atoms with Gasteiger partial charge in [-0.05, 0) is 45.7 Å². The number of allylic oxidation sites excluding steroid dienone is 4. The second kappa shape index (κ2) is 5.66. The fourth-order valence-corrected chi connectivity index (χ4v) is 2.43. The monoisotopic (exact) mass is 268 g/mol. The van der Waals surface area contributed by atoms with Crippen LogP contribution in [0.2, 0.25) is 0 Å². The van der Waals surface area contributed by atoms with E-state index >= 15 is 0 Å². The Morgan fingerprint density at radius 3 is 2.45 bits per heavy atom. The molecule has 0 bridgehead atoms. The highest BCUT2D eigenvalue weighted by Crippen LogP contribution is 2.34. The van der Waals surface area contributed by atoms with Gasteiger partial charge in [-0.1, -0.05) is 47.6 Å². The molecule has 1 aromatic carbocycles. The summed E-state index contributed by atoms with van der Waals surface area (Å²) < 4.78 is 0. The molecule has 0 aliphatic heterocycles. The minimum absolute atomic E-state index is 0.00882. The molecular weight excluding hydrogens is 244 g/mol. The molecule has 0 fully saturated rings. The fourth-order valence-electron chi connectivity index (χ4n) is 2.43. The van der Waals surface area contributed by atoms with Gasteiger partial charge in [-0.15, -0.1) is 0 Å². The topological polar surface area (TPSA) is 24.4 Å². The van der Waals surface area contributed by atoms with Gasteiger partial charge in [0.05, 0.1) is 6.21 Å². The van der Waals surface area contributed by atoms with Crippen LogP contribution in [-0.4, -0.2) is 11.8 Å². The lowest BCUT2D eigenvalue weighted by Crippen LogP contribution is -2.31. The fraction of sp³-hybridized carbons (Fsp3) is 0.389. The molecule has 106 valence electrons. The molecule has 0 spiro atoms. The third-order valence-electron chi connectivity index (χ3n) is 3.31. The van der Waals surface area contributed by atoms with Crippen LogP contribution in [0.1, 0.15) is 51.7 Å². The first kappa shape index (κ1) is 14.6. The average molecular weight is 268 g/mol. The van der Waals surface area contributed by atoms with Crippen molar-refractivity contribution in [3.63, 3.8) is 0 Å². The molecule has 0 aromatic heterocycles. The van der Waals surface area contributed by atoms with E-state index in [4.69, 9.17) is 0 Å². The quantitative estimate of drug-likeness (QED) is 0.638. The van der Waals surface area contributed by atoms with Crippen molar-refractivity contribution in [3.05, 3.63) is 58.7 Å². The molecule has 0 heterocycles. The Hall–Kier alpha value is -1.83. The molecule has 1 aromatic rings. The maximum absolute atomic E-state index is 4.37. The van der Waals surface area contributed by atoms with Gasteiger partial charge in [0, 0.05) is 11.5 Å². The zero-order valence-corrected chi connectivity index (χ0v) is 13.1. The standard InChI is InChI=1S/C18H24N2/c1-13-10-14(2)17(11-13)16-9-7-6-8-15(16)12-19-20-18(3,4)5/h6-12,17,20H,1-5H3. The van der Waals surface area contributed by atoms with E-state index in [2.05, 4.69) is 81.6 Å². The van der Waals surface area contributed by atoms with E-state index in [-0.39, 0.29) is 5.54 Å². The minimum atomic E-state index is -0.00882. The van der Waals surface area contributed by atoms with Crippen LogP contribution in [0.3, 0.4) is 0 Å². The molecule has 0 saturated carbocycles. The molecule has 2 nitrogen and oxygen atoms in total. The maximum atomic E-state index is 4.37. The summed E-state index contributed by atoms with van der Waals surface area (Å²) in [7, 11) is 0. The second-order valence-electron chi connectivity index (χ2n) is 6.53. The molecule has 0 saturated heterocycles. The van der Waals surface area contributed by atoms with Crippen molar-refractivity contribution in [2.75, 3.05) is 0 Å². The third kappa shape index (κ3) is 3.60. The highest BCUT2D eigenvalue weighted by molar-refractivity contribution is 5.82. The molecule has 2 rings (SSSR count). The Bertz CT molecular complexity index is 571. The first-order valence-corrected chi connectivity index (χ1v) is 7.12. The van der Waals surface area contributed by atoms with Gasteiger partial charge >= 0.3 is 0 Å². The van der Waals surface area contributed by atoms with E-state index in [1.54, 1.807) is 0 Å². The lowest BCUT2D eigenvalue weighted by Gasteiger charge is -2.18. The summed E-state index contributed by atoms with van der Waals surface area (Å²) >= 11 is 0. The lowest BCUT2D eigenvalue weighted by molar-refractivity contribution is 0.442. The molecule has 1 aliphatic carbocycles. The number of rotatable bonds is 3. The first-order valence-electron chi connectivity index (χ1n) is 7.12. The zero-order chi connectivity index (χ0) is 14.8. The van der Waals surface area contributed by atoms with E-state index in [0.29, 0.717) is 5.92 Å². The molecule has 20 heavy (non-hydrogen) atoms. The van der Waals surface area contributed by atoms with Crippen LogP contribution in [0, 0.1) is 0 Å². The van der Waals surface area contributed by atoms with Crippen LogP contribution in [0.5, 0.6) is 0 Å². The first-order chi connectivity index (χ1) is 9.37. The highest BCUT2D eigenvalue weighted by Gasteiger charge is 2.18. The Balaban J connectivity index is 2.26. The highest BCUT2D eigenvalue weighted by atomic mass is 15.3. The van der Waals surface area contributed by atoms with Crippen LogP contribution in [0.15, 0.2) is 52.7 Å². The van der Waals surface area contributed by atoms with Crippen LogP contribution in [0.25, 0.3) is 0 Å². The Kier molecular flexibility index (Phi) is 4.12. The van der Waals surface area contributed by atoms with Gasteiger partial charge in [0.15, 0.2) is 0 Å². The van der Waals surface area contributed by atoms with E-state index in [1.807, 2.05) is 6.21 Å². The number of benzene rings is 1. The van der Waals surface area contributed by atoms with Crippen LogP contribution in [-0.2, 0) is 0 Å². The molecule has 0 amide bonds. The zero-order valence-electron chi connectivity index (χ0n) is 13.1. The summed E-state index contributed by atoms with van der Waals surface area (Å²) in [6.07, 6.45) is 6.50. The number of nitrogens with one attached hydrogen (secondary N) is 1. The molecule has 2 heteroatoms. The van der Waals surface area contributed by atoms with E-state index in [0.717, 1.165) is 0 Å². The molecule has 1 unspecified atom stereocenters. The summed E-state index contributed by atoms with van der Waals surface area (Å²) in [6.45, 7) is 10.7. The smallest absolute Gasteiger partial charge is 0.0543 e. The summed E-state index contributed by atoms with van der Waals surface area (Å²) in [5.41, 5.74) is 8.37. The van der Waals surface area contributed by atoms with Crippen LogP contribution < -0.4 is 5.43 Å². The Morgan fingerprint density at radius 1 is 1.15 bits per heavy atom. The molecule has 1 aliphatic rings. The minimum Gasteiger partial charge on any atom is -0.305 e. The van der Waals surface area contributed by atoms with E-state index < -0.39 is 0 Å². The van der Waals surface area contributed by atoms with Crippen molar-refractivity contribution < 1.29 is 0 Å². The summed E-state index contributed by atoms with van der Waals surface area (Å²) in [5.74, 6) is 0.382. The summed E-state index contributed by atoms with van der Waals surface area (Å²) in [4.78, 5) is 0. The predicted octanol–water partition coefficient (Wildman–Crippen LogP) is 4.40. The van der Waals surface area contributed by atoms with Gasteiger partial charge in [-0.25, -0.2) is 0 Å². The Labute approximate surface area is 122 Å². The van der Waals surface area contributed by atoms with Crippen molar-refractivity contribution in [1.29, 1.82) is 0 Å². The van der Waals surface area contributed by atoms with Crippen molar-refractivity contribution in [2.45, 2.75) is 46.1 Å². The number of hydrogen-bond donors (Lipinski definition) is 1. The van der Waals surface area contributed by atoms with E-state index in [1.165, 1.54) is 22.3 Å². The van der Waals surface area contributed by atoms with Crippen LogP contribution in [0.4, 0.5) is 0 Å². The lowest BCUT2D eigenvalue weighted by atomic mass is 9.91. The van der Waals surface area contributed by atoms with Gasteiger partial charge in [-0.2, -0.15) is 5.10 Å². The van der Waals surface area contributed by atoms with Gasteiger partial charge in [0.1, 0.15) is 0 Å². The summed E-state index contributed by atoms with van der Waals surface area (Å²) in [5, 5.41) is 4.37. The maximum Gasteiger partial charge on any atom is 0.0543 e. The summed E-state index contributed by atoms with van der Waals surface area (Å²) in [6, 6.07) is 8.47. The van der Waals surface area contributed by atoms with Crippen LogP contribution >= 0.6 is 0 Å². The normalized spacial score (nSPS) is 19.1. The van der Waals surface area contributed by atoms with Gasteiger partial charge in [0.2, 0.25) is 0 Å². The van der Waals surface area contributed by atoms with Crippen molar-refractivity contribution >= 4 is 6.21 Å². The number of nitrogens with zero attached hydrogens (tertiary/aromatic N) is 1. The van der Waals surface area contributed by atoms with Gasteiger partial charge in [-0.3, -0.25) is 0 Å². The Morgan fingerprint density at radius 2 is 1.85 bits per heavy atom. The van der Waals surface area contributed by atoms with E-state index in [9.17, 15) is 0 Å². The molecule has 1 atom stereocenters. The molecular formula is C18H24N2. The largest absolute Gasteiger partial charge is 0.305 e. The number of hydrazone groups is 1. The second-order valence-corrected chi connectivity index (χ2v) is 6.53. The molecule has 0 radical (unpaired) electrons. The predicted molar refractivity (Wildman–Crippen MR) is 87.2 cm³/mol. The van der Waals surface area contributed by atoms with Crippen molar-refractivity contribution in [1.82, 2.24) is 5.43 Å². The van der Waals surface area contributed by atoms with Crippen molar-refractivity contribution in [3.8, 4) is 0 Å². The van der Waals surface area contributed by atoms with Gasteiger partial charge in [0.25, 0.3) is 0 Å². The average Bonchev–Trinajstić information content (AvgIpc) is 2.67. The number of hydrogen-bond acceptors (Lipinski definition) is 2.